The Bertz CT molecular complexity index is 1680. The highest BCUT2D eigenvalue weighted by Crippen LogP contribution is 2.26. The number of carbonyl (C=O) groups is 2. The molecule has 5 aromatic rings. The normalized spacial score (nSPS) is 10.9. The molecule has 0 bridgehead atoms. The fourth-order valence-electron chi connectivity index (χ4n) is 4.00. The quantitative estimate of drug-likeness (QED) is 0.134. The van der Waals surface area contributed by atoms with Crippen molar-refractivity contribution in [2.75, 3.05) is 5.32 Å². The number of hydrogen-bond acceptors (Lipinski definition) is 5. The molecule has 4 aromatic carbocycles. The Morgan fingerprint density at radius 1 is 0.902 bits per heavy atom. The second kappa shape index (κ2) is 12.8. The van der Waals surface area contributed by atoms with Gasteiger partial charge in [-0.2, -0.15) is 10.2 Å². The van der Waals surface area contributed by atoms with Gasteiger partial charge in [-0.25, -0.2) is 10.1 Å². The van der Waals surface area contributed by atoms with Crippen molar-refractivity contribution in [2.24, 2.45) is 5.10 Å². The van der Waals surface area contributed by atoms with Crippen molar-refractivity contribution >= 4 is 35.3 Å². The maximum Gasteiger partial charge on any atom is 0.329 e. The largest absolute Gasteiger partial charge is 0.489 e. The second-order valence-corrected chi connectivity index (χ2v) is 9.48. The topological polar surface area (TPSA) is 97.6 Å². The zero-order valence-electron chi connectivity index (χ0n) is 22.1. The number of halogens is 1. The van der Waals surface area contributed by atoms with Gasteiger partial charge in [0.25, 0.3) is 0 Å². The molecule has 0 radical (unpaired) electrons. The van der Waals surface area contributed by atoms with Crippen LogP contribution in [0.5, 0.6) is 5.75 Å². The molecule has 0 aliphatic heterocycles. The summed E-state index contributed by atoms with van der Waals surface area (Å²) < 4.78 is 7.64. The minimum absolute atomic E-state index is 0.448. The van der Waals surface area contributed by atoms with Crippen LogP contribution in [0.15, 0.2) is 114 Å². The molecule has 2 N–H and O–H groups in total. The van der Waals surface area contributed by atoms with Crippen molar-refractivity contribution in [3.63, 3.8) is 0 Å². The molecule has 1 aromatic heterocycles. The molecule has 8 nitrogen and oxygen atoms in total. The van der Waals surface area contributed by atoms with Crippen molar-refractivity contribution in [1.82, 2.24) is 15.2 Å². The first-order valence-electron chi connectivity index (χ1n) is 12.8. The minimum atomic E-state index is -0.919. The highest BCUT2D eigenvalue weighted by atomic mass is 35.5. The summed E-state index contributed by atoms with van der Waals surface area (Å²) in [6, 6.07) is 32.2. The van der Waals surface area contributed by atoms with Crippen LogP contribution in [0.1, 0.15) is 16.7 Å². The Morgan fingerprint density at radius 3 is 2.34 bits per heavy atom. The number of hydrogen-bond donors (Lipinski definition) is 2. The lowest BCUT2D eigenvalue weighted by Gasteiger charge is -2.08. The molecule has 0 spiro atoms. The number of ether oxygens (including phenoxy) is 1. The molecule has 0 saturated heterocycles. The lowest BCUT2D eigenvalue weighted by molar-refractivity contribution is -0.136. The van der Waals surface area contributed by atoms with E-state index in [1.807, 2.05) is 84.9 Å². The second-order valence-electron chi connectivity index (χ2n) is 9.08. The summed E-state index contributed by atoms with van der Waals surface area (Å²) in [7, 11) is 0. The fraction of sp³-hybridized carbons (Fsp3) is 0.0625. The molecular formula is C32H26ClN5O3. The van der Waals surface area contributed by atoms with E-state index >= 15 is 0 Å². The Kier molecular flexibility index (Phi) is 8.52. The molecule has 0 aliphatic carbocycles. The zero-order valence-corrected chi connectivity index (χ0v) is 22.9. The van der Waals surface area contributed by atoms with Gasteiger partial charge in [-0.15, -0.1) is 0 Å². The monoisotopic (exact) mass is 563 g/mol. The molecule has 5 rings (SSSR count). The third-order valence-corrected chi connectivity index (χ3v) is 6.64. The first-order valence-corrected chi connectivity index (χ1v) is 13.2. The standard InChI is InChI=1S/C32H26ClN5O3/c1-22-28(33)13-8-14-29(22)35-31(39)32(40)36-34-19-25-20-38(26-11-6-3-7-12-26)37-30(25)24-15-17-27(18-16-24)41-21-23-9-4-2-5-10-23/h2-20H,21H2,1H3,(H,35,39)(H,36,40). The van der Waals surface area contributed by atoms with Gasteiger partial charge >= 0.3 is 11.8 Å². The Hall–Kier alpha value is -5.21. The predicted octanol–water partition coefficient (Wildman–Crippen LogP) is 6.17. The van der Waals surface area contributed by atoms with Crippen molar-refractivity contribution in [3.05, 3.63) is 131 Å². The predicted molar refractivity (Wildman–Crippen MR) is 160 cm³/mol. The number of nitrogens with zero attached hydrogens (tertiary/aromatic N) is 3. The van der Waals surface area contributed by atoms with Gasteiger partial charge in [-0.1, -0.05) is 66.2 Å². The van der Waals surface area contributed by atoms with Gasteiger partial charge in [0.15, 0.2) is 0 Å². The van der Waals surface area contributed by atoms with Crippen molar-refractivity contribution < 1.29 is 14.3 Å². The summed E-state index contributed by atoms with van der Waals surface area (Å²) in [6.07, 6.45) is 3.26. The van der Waals surface area contributed by atoms with E-state index in [1.54, 1.807) is 36.0 Å². The third kappa shape index (κ3) is 6.87. The number of hydrazone groups is 1. The summed E-state index contributed by atoms with van der Waals surface area (Å²) in [5.41, 5.74) is 7.43. The van der Waals surface area contributed by atoms with E-state index in [9.17, 15) is 9.59 Å². The maximum absolute atomic E-state index is 12.4. The number of carbonyl (C=O) groups excluding carboxylic acids is 2. The van der Waals surface area contributed by atoms with Crippen molar-refractivity contribution in [3.8, 4) is 22.7 Å². The van der Waals surface area contributed by atoms with E-state index in [0.29, 0.717) is 34.1 Å². The number of amides is 2. The van der Waals surface area contributed by atoms with E-state index in [4.69, 9.17) is 21.4 Å². The zero-order chi connectivity index (χ0) is 28.6. The number of benzene rings is 4. The first kappa shape index (κ1) is 27.4. The van der Waals surface area contributed by atoms with E-state index in [2.05, 4.69) is 15.8 Å². The van der Waals surface area contributed by atoms with Gasteiger partial charge < -0.3 is 10.1 Å². The fourth-order valence-corrected chi connectivity index (χ4v) is 4.18. The number of para-hydroxylation sites is 1. The molecule has 1 heterocycles. The van der Waals surface area contributed by atoms with Crippen LogP contribution >= 0.6 is 11.6 Å². The van der Waals surface area contributed by atoms with Crippen LogP contribution in [0, 0.1) is 6.92 Å². The smallest absolute Gasteiger partial charge is 0.329 e. The summed E-state index contributed by atoms with van der Waals surface area (Å²) in [6.45, 7) is 2.22. The minimum Gasteiger partial charge on any atom is -0.489 e. The van der Waals surface area contributed by atoms with Gasteiger partial charge in [0.05, 0.1) is 11.9 Å². The highest BCUT2D eigenvalue weighted by Gasteiger charge is 2.16. The van der Waals surface area contributed by atoms with Crippen LogP contribution in [0.25, 0.3) is 16.9 Å². The van der Waals surface area contributed by atoms with Crippen LogP contribution in [0.3, 0.4) is 0 Å². The average molecular weight is 564 g/mol. The molecule has 0 saturated carbocycles. The number of anilines is 1. The van der Waals surface area contributed by atoms with Gasteiger partial charge in [0.2, 0.25) is 0 Å². The number of aromatic nitrogens is 2. The van der Waals surface area contributed by atoms with Crippen molar-refractivity contribution in [2.45, 2.75) is 13.5 Å². The summed E-state index contributed by atoms with van der Waals surface area (Å²) in [5.74, 6) is -1.06. The number of rotatable bonds is 8. The molecule has 0 unspecified atom stereocenters. The highest BCUT2D eigenvalue weighted by molar-refractivity contribution is 6.40. The molecule has 0 atom stereocenters. The molecule has 2 amide bonds. The Labute approximate surface area is 242 Å². The van der Waals surface area contributed by atoms with E-state index in [1.165, 1.54) is 6.21 Å². The molecule has 41 heavy (non-hydrogen) atoms. The molecule has 204 valence electrons. The van der Waals surface area contributed by atoms with E-state index < -0.39 is 11.8 Å². The Balaban J connectivity index is 1.32. The maximum atomic E-state index is 12.4. The van der Waals surface area contributed by atoms with Crippen LogP contribution < -0.4 is 15.5 Å². The van der Waals surface area contributed by atoms with E-state index in [0.717, 1.165) is 22.6 Å². The summed E-state index contributed by atoms with van der Waals surface area (Å²) in [5, 5.41) is 11.8. The van der Waals surface area contributed by atoms with Gasteiger partial charge in [0, 0.05) is 28.0 Å². The third-order valence-electron chi connectivity index (χ3n) is 6.23. The van der Waals surface area contributed by atoms with Crippen LogP contribution in [0.2, 0.25) is 5.02 Å². The average Bonchev–Trinajstić information content (AvgIpc) is 3.43. The van der Waals surface area contributed by atoms with Gasteiger partial charge in [-0.05, 0) is 66.6 Å². The van der Waals surface area contributed by atoms with Gasteiger partial charge in [-0.3, -0.25) is 9.59 Å². The Morgan fingerprint density at radius 2 is 1.61 bits per heavy atom. The summed E-state index contributed by atoms with van der Waals surface area (Å²) in [4.78, 5) is 24.8. The lowest BCUT2D eigenvalue weighted by Crippen LogP contribution is -2.32. The van der Waals surface area contributed by atoms with Crippen LogP contribution in [0.4, 0.5) is 5.69 Å². The van der Waals surface area contributed by atoms with Gasteiger partial charge in [0.1, 0.15) is 18.1 Å². The molecule has 0 aliphatic rings. The lowest BCUT2D eigenvalue weighted by atomic mass is 10.1. The van der Waals surface area contributed by atoms with Crippen LogP contribution in [-0.4, -0.2) is 27.8 Å². The number of nitrogens with one attached hydrogen (secondary N) is 2. The summed E-state index contributed by atoms with van der Waals surface area (Å²) >= 11 is 6.10. The molecule has 9 heteroatoms. The van der Waals surface area contributed by atoms with Crippen LogP contribution in [-0.2, 0) is 16.2 Å². The SMILES string of the molecule is Cc1c(Cl)cccc1NC(=O)C(=O)NN=Cc1cn(-c2ccccc2)nc1-c1ccc(OCc2ccccc2)cc1. The molecular weight excluding hydrogens is 538 g/mol. The van der Waals surface area contributed by atoms with Crippen molar-refractivity contribution in [1.29, 1.82) is 0 Å². The first-order chi connectivity index (χ1) is 20.0. The van der Waals surface area contributed by atoms with E-state index in [-0.39, 0.29) is 0 Å². The molecule has 0 fully saturated rings.